The highest BCUT2D eigenvalue weighted by Crippen LogP contribution is 2.29. The Balaban J connectivity index is 2.16. The van der Waals surface area contributed by atoms with E-state index in [-0.39, 0.29) is 0 Å². The van der Waals surface area contributed by atoms with Gasteiger partial charge in [0, 0.05) is 25.3 Å². The molecule has 0 aromatic rings. The van der Waals surface area contributed by atoms with Crippen LogP contribution in [0.5, 0.6) is 0 Å². The van der Waals surface area contributed by atoms with Gasteiger partial charge in [0.25, 0.3) is 0 Å². The molecule has 70 valence electrons. The van der Waals surface area contributed by atoms with Gasteiger partial charge in [0.15, 0.2) is 0 Å². The molecule has 1 aliphatic carbocycles. The van der Waals surface area contributed by atoms with Crippen LogP contribution in [0.3, 0.4) is 0 Å². The number of carbonyl (C=O) groups excluding carboxylic acids is 1. The van der Waals surface area contributed by atoms with Crippen molar-refractivity contribution in [2.75, 3.05) is 18.9 Å². The molecule has 0 aromatic heterocycles. The van der Waals surface area contributed by atoms with Crippen LogP contribution in [0.25, 0.3) is 0 Å². The molecule has 1 saturated carbocycles. The van der Waals surface area contributed by atoms with Gasteiger partial charge in [0.1, 0.15) is 0 Å². The normalized spacial score (nSPS) is 17.2. The zero-order chi connectivity index (χ0) is 8.97. The van der Waals surface area contributed by atoms with E-state index >= 15 is 0 Å². The molecule has 3 heteroatoms. The topological polar surface area (TPSA) is 20.3 Å². The fraction of sp³-hybridized carbons (Fsp3) is 0.889. The number of hydrogen-bond acceptors (Lipinski definition) is 1. The summed E-state index contributed by atoms with van der Waals surface area (Å²) in [7, 11) is 1.88. The molecular formula is C9H16BrNO. The van der Waals surface area contributed by atoms with Crippen molar-refractivity contribution in [3.63, 3.8) is 0 Å². The minimum absolute atomic E-state index is 0.305. The van der Waals surface area contributed by atoms with Gasteiger partial charge in [-0.15, -0.1) is 0 Å². The number of halogens is 1. The lowest BCUT2D eigenvalue weighted by Crippen LogP contribution is -2.31. The van der Waals surface area contributed by atoms with Crippen molar-refractivity contribution in [1.82, 2.24) is 4.90 Å². The van der Waals surface area contributed by atoms with Gasteiger partial charge in [-0.05, 0) is 18.8 Å². The second-order valence-electron chi connectivity index (χ2n) is 3.51. The molecular weight excluding hydrogens is 218 g/mol. The van der Waals surface area contributed by atoms with Crippen LogP contribution in [0.1, 0.15) is 25.7 Å². The van der Waals surface area contributed by atoms with E-state index < -0.39 is 0 Å². The average molecular weight is 234 g/mol. The predicted molar refractivity (Wildman–Crippen MR) is 53.4 cm³/mol. The van der Waals surface area contributed by atoms with E-state index in [1.165, 1.54) is 19.3 Å². The Hall–Kier alpha value is -0.0500. The summed E-state index contributed by atoms with van der Waals surface area (Å²) in [4.78, 5) is 13.3. The lowest BCUT2D eigenvalue weighted by atomic mass is 9.83. The fourth-order valence-electron chi connectivity index (χ4n) is 1.35. The zero-order valence-corrected chi connectivity index (χ0v) is 9.14. The monoisotopic (exact) mass is 233 g/mol. The molecule has 0 spiro atoms. The lowest BCUT2D eigenvalue weighted by Gasteiger charge is -2.26. The molecule has 1 aliphatic rings. The van der Waals surface area contributed by atoms with E-state index in [4.69, 9.17) is 0 Å². The molecule has 0 bridgehead atoms. The first-order valence-electron chi connectivity index (χ1n) is 4.54. The van der Waals surface area contributed by atoms with Gasteiger partial charge in [-0.3, -0.25) is 4.79 Å². The molecule has 0 heterocycles. The standard InChI is InChI=1S/C9H16BrNO/c1-11(6-5-10)9(12)7-8-3-2-4-8/h8H,2-7H2,1H3. The van der Waals surface area contributed by atoms with Crippen LogP contribution in [0.2, 0.25) is 0 Å². The van der Waals surface area contributed by atoms with Crippen molar-refractivity contribution in [2.45, 2.75) is 25.7 Å². The Bertz CT molecular complexity index is 157. The molecule has 0 saturated heterocycles. The number of nitrogens with zero attached hydrogens (tertiary/aromatic N) is 1. The van der Waals surface area contributed by atoms with Crippen molar-refractivity contribution in [3.8, 4) is 0 Å². The van der Waals surface area contributed by atoms with Crippen LogP contribution in [0.15, 0.2) is 0 Å². The highest BCUT2D eigenvalue weighted by molar-refractivity contribution is 9.09. The number of carbonyl (C=O) groups is 1. The minimum atomic E-state index is 0.305. The Kier molecular flexibility index (Phi) is 4.06. The van der Waals surface area contributed by atoms with E-state index in [2.05, 4.69) is 15.9 Å². The summed E-state index contributed by atoms with van der Waals surface area (Å²) in [5.41, 5.74) is 0. The van der Waals surface area contributed by atoms with E-state index in [0.29, 0.717) is 11.8 Å². The number of alkyl halides is 1. The molecule has 2 nitrogen and oxygen atoms in total. The number of hydrogen-bond donors (Lipinski definition) is 0. The van der Waals surface area contributed by atoms with Gasteiger partial charge in [0.05, 0.1) is 0 Å². The zero-order valence-electron chi connectivity index (χ0n) is 7.55. The predicted octanol–water partition coefficient (Wildman–Crippen LogP) is 2.03. The van der Waals surface area contributed by atoms with Crippen LogP contribution < -0.4 is 0 Å². The maximum absolute atomic E-state index is 11.4. The highest BCUT2D eigenvalue weighted by Gasteiger charge is 2.21. The van der Waals surface area contributed by atoms with Crippen molar-refractivity contribution in [2.24, 2.45) is 5.92 Å². The smallest absolute Gasteiger partial charge is 0.222 e. The summed E-state index contributed by atoms with van der Waals surface area (Å²) in [5.74, 6) is 0.995. The highest BCUT2D eigenvalue weighted by atomic mass is 79.9. The quantitative estimate of drug-likeness (QED) is 0.681. The first kappa shape index (κ1) is 10.0. The first-order valence-corrected chi connectivity index (χ1v) is 5.66. The molecule has 0 radical (unpaired) electrons. The van der Waals surface area contributed by atoms with Crippen LogP contribution in [0, 0.1) is 5.92 Å². The molecule has 12 heavy (non-hydrogen) atoms. The third kappa shape index (κ3) is 2.77. The third-order valence-corrected chi connectivity index (χ3v) is 2.89. The molecule has 0 unspecified atom stereocenters. The van der Waals surface area contributed by atoms with E-state index in [1.807, 2.05) is 11.9 Å². The Morgan fingerprint density at radius 2 is 2.25 bits per heavy atom. The summed E-state index contributed by atoms with van der Waals surface area (Å²) in [6.45, 7) is 0.825. The minimum Gasteiger partial charge on any atom is -0.345 e. The lowest BCUT2D eigenvalue weighted by molar-refractivity contribution is -0.131. The molecule has 0 N–H and O–H groups in total. The first-order chi connectivity index (χ1) is 5.74. The molecule has 1 amide bonds. The van der Waals surface area contributed by atoms with Crippen LogP contribution in [0.4, 0.5) is 0 Å². The van der Waals surface area contributed by atoms with Gasteiger partial charge >= 0.3 is 0 Å². The van der Waals surface area contributed by atoms with Crippen LogP contribution in [-0.2, 0) is 4.79 Å². The molecule has 0 aliphatic heterocycles. The summed E-state index contributed by atoms with van der Waals surface area (Å²) in [6, 6.07) is 0. The van der Waals surface area contributed by atoms with Gasteiger partial charge in [-0.1, -0.05) is 22.4 Å². The Labute approximate surface area is 82.4 Å². The third-order valence-electron chi connectivity index (χ3n) is 2.53. The van der Waals surface area contributed by atoms with Gasteiger partial charge in [-0.2, -0.15) is 0 Å². The summed E-state index contributed by atoms with van der Waals surface area (Å²) in [6.07, 6.45) is 4.60. The molecule has 0 aromatic carbocycles. The largest absolute Gasteiger partial charge is 0.345 e. The summed E-state index contributed by atoms with van der Waals surface area (Å²) >= 11 is 3.32. The number of amides is 1. The summed E-state index contributed by atoms with van der Waals surface area (Å²) in [5, 5.41) is 0.875. The SMILES string of the molecule is CN(CCBr)C(=O)CC1CCC1. The van der Waals surface area contributed by atoms with Gasteiger partial charge in [0.2, 0.25) is 5.91 Å². The second-order valence-corrected chi connectivity index (χ2v) is 4.30. The van der Waals surface area contributed by atoms with E-state index in [1.54, 1.807) is 0 Å². The average Bonchev–Trinajstić information content (AvgIpc) is 1.97. The van der Waals surface area contributed by atoms with E-state index in [0.717, 1.165) is 18.3 Å². The van der Waals surface area contributed by atoms with Crippen LogP contribution in [-0.4, -0.2) is 29.7 Å². The van der Waals surface area contributed by atoms with Gasteiger partial charge in [-0.25, -0.2) is 0 Å². The Morgan fingerprint density at radius 3 is 2.67 bits per heavy atom. The van der Waals surface area contributed by atoms with Crippen molar-refractivity contribution >= 4 is 21.8 Å². The maximum atomic E-state index is 11.4. The second kappa shape index (κ2) is 4.85. The molecule has 0 atom stereocenters. The van der Waals surface area contributed by atoms with Crippen LogP contribution >= 0.6 is 15.9 Å². The van der Waals surface area contributed by atoms with Crippen molar-refractivity contribution in [1.29, 1.82) is 0 Å². The maximum Gasteiger partial charge on any atom is 0.222 e. The van der Waals surface area contributed by atoms with Gasteiger partial charge < -0.3 is 4.90 Å². The summed E-state index contributed by atoms with van der Waals surface area (Å²) < 4.78 is 0. The van der Waals surface area contributed by atoms with Crippen molar-refractivity contribution in [3.05, 3.63) is 0 Å². The fourth-order valence-corrected chi connectivity index (χ4v) is 1.88. The molecule has 1 fully saturated rings. The molecule has 1 rings (SSSR count). The Morgan fingerprint density at radius 1 is 1.58 bits per heavy atom. The van der Waals surface area contributed by atoms with Crippen molar-refractivity contribution < 1.29 is 4.79 Å². The van der Waals surface area contributed by atoms with E-state index in [9.17, 15) is 4.79 Å². The number of rotatable bonds is 4.